The molecular formula is C19H23F3N6OS. The van der Waals surface area contributed by atoms with Gasteiger partial charge < -0.3 is 4.90 Å². The summed E-state index contributed by atoms with van der Waals surface area (Å²) in [7, 11) is 3.39. The van der Waals surface area contributed by atoms with E-state index in [1.807, 2.05) is 25.6 Å². The lowest BCUT2D eigenvalue weighted by atomic mass is 10.1. The average Bonchev–Trinajstić information content (AvgIpc) is 3.31. The molecule has 1 amide bonds. The number of hydrogen-bond donors (Lipinski definition) is 0. The predicted octanol–water partition coefficient (Wildman–Crippen LogP) is 2.96. The number of alkyl halides is 3. The largest absolute Gasteiger partial charge is 0.435 e. The predicted molar refractivity (Wildman–Crippen MR) is 107 cm³/mol. The van der Waals surface area contributed by atoms with Crippen molar-refractivity contribution >= 4 is 27.5 Å². The van der Waals surface area contributed by atoms with Crippen molar-refractivity contribution in [2.24, 2.45) is 14.1 Å². The molecule has 0 unspecified atom stereocenters. The van der Waals surface area contributed by atoms with E-state index in [0.717, 1.165) is 29.3 Å². The van der Waals surface area contributed by atoms with Crippen LogP contribution >= 0.6 is 11.3 Å². The van der Waals surface area contributed by atoms with Crippen LogP contribution < -0.4 is 0 Å². The summed E-state index contributed by atoms with van der Waals surface area (Å²) in [6.07, 6.45) is -4.55. The Morgan fingerprint density at radius 2 is 1.77 bits per heavy atom. The van der Waals surface area contributed by atoms with Crippen LogP contribution in [0.3, 0.4) is 0 Å². The lowest BCUT2D eigenvalue weighted by Gasteiger charge is -2.34. The molecule has 4 heterocycles. The van der Waals surface area contributed by atoms with Crippen LogP contribution in [0.5, 0.6) is 0 Å². The minimum absolute atomic E-state index is 0.0143. The van der Waals surface area contributed by atoms with E-state index in [9.17, 15) is 18.0 Å². The van der Waals surface area contributed by atoms with Gasteiger partial charge in [-0.25, -0.2) is 0 Å². The monoisotopic (exact) mass is 440 g/mol. The molecule has 162 valence electrons. The Balaban J connectivity index is 1.46. The van der Waals surface area contributed by atoms with Gasteiger partial charge in [-0.2, -0.15) is 23.4 Å². The van der Waals surface area contributed by atoms with E-state index < -0.39 is 11.9 Å². The summed E-state index contributed by atoms with van der Waals surface area (Å²) in [5.74, 6) is -0.224. The maximum Gasteiger partial charge on any atom is 0.435 e. The molecule has 0 atom stereocenters. The van der Waals surface area contributed by atoms with Gasteiger partial charge in [0.25, 0.3) is 5.91 Å². The maximum atomic E-state index is 13.2. The molecule has 0 saturated carbocycles. The molecule has 1 fully saturated rings. The Morgan fingerprint density at radius 3 is 2.33 bits per heavy atom. The summed E-state index contributed by atoms with van der Waals surface area (Å²) in [6, 6.07) is 1.33. The standard InChI is InChI=1S/C19H23F3N6OS/c1-11-14(12(2)25(3)23-11)10-27-5-7-28(8-6-27)17(29)15-9-13-16(19(20,21)22)24-26(4)18(13)30-15/h9H,5-8,10H2,1-4H3. The van der Waals surface area contributed by atoms with Crippen molar-refractivity contribution < 1.29 is 18.0 Å². The molecular weight excluding hydrogens is 417 g/mol. The quantitative estimate of drug-likeness (QED) is 0.628. The molecule has 0 aromatic carbocycles. The van der Waals surface area contributed by atoms with E-state index in [2.05, 4.69) is 15.1 Å². The maximum absolute atomic E-state index is 13.2. The summed E-state index contributed by atoms with van der Waals surface area (Å²) in [6.45, 7) is 7.30. The number of aryl methyl sites for hydroxylation is 3. The van der Waals surface area contributed by atoms with Crippen molar-refractivity contribution in [3.8, 4) is 0 Å². The molecule has 0 bridgehead atoms. The SMILES string of the molecule is Cc1nn(C)c(C)c1CN1CCN(C(=O)c2cc3c(C(F)(F)F)nn(C)c3s2)CC1. The van der Waals surface area contributed by atoms with E-state index in [1.165, 1.54) is 23.4 Å². The Morgan fingerprint density at radius 1 is 1.10 bits per heavy atom. The van der Waals surface area contributed by atoms with Crippen LogP contribution in [-0.4, -0.2) is 61.4 Å². The summed E-state index contributed by atoms with van der Waals surface area (Å²) in [5, 5.41) is 7.99. The second kappa shape index (κ2) is 7.38. The Bertz CT molecular complexity index is 1100. The second-order valence-electron chi connectivity index (χ2n) is 7.64. The second-order valence-corrected chi connectivity index (χ2v) is 8.67. The molecule has 1 saturated heterocycles. The van der Waals surface area contributed by atoms with Crippen LogP contribution in [0.1, 0.15) is 32.3 Å². The smallest absolute Gasteiger partial charge is 0.335 e. The number of amides is 1. The van der Waals surface area contributed by atoms with Crippen LogP contribution in [0.15, 0.2) is 6.07 Å². The van der Waals surface area contributed by atoms with Gasteiger partial charge in [-0.1, -0.05) is 0 Å². The van der Waals surface area contributed by atoms with Gasteiger partial charge in [-0.05, 0) is 19.9 Å². The van der Waals surface area contributed by atoms with Gasteiger partial charge in [-0.3, -0.25) is 19.1 Å². The molecule has 0 aliphatic carbocycles. The summed E-state index contributed by atoms with van der Waals surface area (Å²) in [4.78, 5) is 17.6. The lowest BCUT2D eigenvalue weighted by Crippen LogP contribution is -2.48. The number of aromatic nitrogens is 4. The summed E-state index contributed by atoms with van der Waals surface area (Å²) in [5.41, 5.74) is 2.40. The fourth-order valence-corrected chi connectivity index (χ4v) is 4.93. The molecule has 30 heavy (non-hydrogen) atoms. The van der Waals surface area contributed by atoms with Gasteiger partial charge in [0, 0.05) is 63.5 Å². The Kier molecular flexibility index (Phi) is 5.13. The van der Waals surface area contributed by atoms with Gasteiger partial charge >= 0.3 is 6.18 Å². The number of rotatable bonds is 3. The number of fused-ring (bicyclic) bond motifs is 1. The Labute approximate surface area is 175 Å². The summed E-state index contributed by atoms with van der Waals surface area (Å²) < 4.78 is 42.7. The molecule has 1 aliphatic heterocycles. The van der Waals surface area contributed by atoms with Crippen LogP contribution in [0.25, 0.3) is 10.2 Å². The van der Waals surface area contributed by atoms with E-state index in [-0.39, 0.29) is 11.3 Å². The van der Waals surface area contributed by atoms with Crippen LogP contribution in [0, 0.1) is 13.8 Å². The zero-order valence-corrected chi connectivity index (χ0v) is 18.1. The van der Waals surface area contributed by atoms with E-state index in [4.69, 9.17) is 0 Å². The van der Waals surface area contributed by atoms with E-state index >= 15 is 0 Å². The van der Waals surface area contributed by atoms with Crippen molar-refractivity contribution in [1.82, 2.24) is 29.4 Å². The first-order valence-corrected chi connectivity index (χ1v) is 10.4. The van der Waals surface area contributed by atoms with E-state index in [0.29, 0.717) is 35.9 Å². The number of carbonyl (C=O) groups is 1. The van der Waals surface area contributed by atoms with Crippen molar-refractivity contribution in [3.63, 3.8) is 0 Å². The molecule has 0 spiro atoms. The lowest BCUT2D eigenvalue weighted by molar-refractivity contribution is -0.140. The highest BCUT2D eigenvalue weighted by molar-refractivity contribution is 7.20. The minimum Gasteiger partial charge on any atom is -0.335 e. The van der Waals surface area contributed by atoms with Gasteiger partial charge in [0.15, 0.2) is 5.69 Å². The molecule has 4 rings (SSSR count). The topological polar surface area (TPSA) is 59.2 Å². The van der Waals surface area contributed by atoms with Crippen molar-refractivity contribution in [1.29, 1.82) is 0 Å². The Hall–Kier alpha value is -2.40. The molecule has 11 heteroatoms. The molecule has 0 N–H and O–H groups in total. The zero-order chi connectivity index (χ0) is 21.8. The molecule has 7 nitrogen and oxygen atoms in total. The molecule has 0 radical (unpaired) electrons. The third kappa shape index (κ3) is 3.60. The number of halogens is 3. The first-order valence-electron chi connectivity index (χ1n) is 9.60. The number of carbonyl (C=O) groups excluding carboxylic acids is 1. The van der Waals surface area contributed by atoms with Gasteiger partial charge in [0.05, 0.1) is 10.6 Å². The highest BCUT2D eigenvalue weighted by Gasteiger charge is 2.38. The van der Waals surface area contributed by atoms with Gasteiger partial charge in [0.1, 0.15) is 4.83 Å². The van der Waals surface area contributed by atoms with Crippen LogP contribution in [0.2, 0.25) is 0 Å². The number of piperazine rings is 1. The minimum atomic E-state index is -4.55. The fraction of sp³-hybridized carbons (Fsp3) is 0.526. The van der Waals surface area contributed by atoms with Crippen LogP contribution in [0.4, 0.5) is 13.2 Å². The van der Waals surface area contributed by atoms with Gasteiger partial charge in [0.2, 0.25) is 0 Å². The third-order valence-electron chi connectivity index (χ3n) is 5.69. The number of hydrogen-bond acceptors (Lipinski definition) is 5. The highest BCUT2D eigenvalue weighted by atomic mass is 32.1. The fourth-order valence-electron chi connectivity index (χ4n) is 3.89. The first kappa shape index (κ1) is 20.9. The number of thiophene rings is 1. The summed E-state index contributed by atoms with van der Waals surface area (Å²) >= 11 is 1.06. The number of nitrogens with zero attached hydrogens (tertiary/aromatic N) is 6. The van der Waals surface area contributed by atoms with E-state index in [1.54, 1.807) is 4.90 Å². The molecule has 3 aromatic rings. The van der Waals surface area contributed by atoms with Crippen molar-refractivity contribution in [2.75, 3.05) is 26.2 Å². The van der Waals surface area contributed by atoms with Crippen molar-refractivity contribution in [2.45, 2.75) is 26.6 Å². The van der Waals surface area contributed by atoms with Crippen LogP contribution in [-0.2, 0) is 26.8 Å². The zero-order valence-electron chi connectivity index (χ0n) is 17.2. The average molecular weight is 440 g/mol. The first-order chi connectivity index (χ1) is 14.1. The normalized spacial score (nSPS) is 16.0. The van der Waals surface area contributed by atoms with Gasteiger partial charge in [-0.15, -0.1) is 11.3 Å². The molecule has 1 aliphatic rings. The third-order valence-corrected chi connectivity index (χ3v) is 6.88. The molecule has 3 aromatic heterocycles. The highest BCUT2D eigenvalue weighted by Crippen LogP contribution is 2.37. The van der Waals surface area contributed by atoms with Crippen molar-refractivity contribution in [3.05, 3.63) is 33.6 Å².